The van der Waals surface area contributed by atoms with Gasteiger partial charge in [0.25, 0.3) is 0 Å². The molecule has 0 saturated heterocycles. The standard InChI is InChI=1S/C18H31NO2/c1-5-20-17-12-11-16(14-18(17)21-6-2)10-8-7-9-13-19-15(3)4/h11-12,14-15,19H,5-10,13H2,1-4H3. The number of hydrogen-bond acceptors (Lipinski definition) is 3. The first-order valence-electron chi connectivity index (χ1n) is 8.29. The van der Waals surface area contributed by atoms with Gasteiger partial charge in [-0.25, -0.2) is 0 Å². The van der Waals surface area contributed by atoms with Gasteiger partial charge in [-0.05, 0) is 57.4 Å². The van der Waals surface area contributed by atoms with Crippen molar-refractivity contribution in [2.24, 2.45) is 0 Å². The molecule has 1 aromatic carbocycles. The number of aryl methyl sites for hydroxylation is 1. The van der Waals surface area contributed by atoms with Crippen molar-refractivity contribution < 1.29 is 9.47 Å². The van der Waals surface area contributed by atoms with E-state index in [0.717, 1.165) is 24.5 Å². The summed E-state index contributed by atoms with van der Waals surface area (Å²) in [5, 5.41) is 3.45. The second-order valence-corrected chi connectivity index (χ2v) is 5.57. The molecule has 0 spiro atoms. The van der Waals surface area contributed by atoms with Crippen LogP contribution in [-0.4, -0.2) is 25.8 Å². The number of ether oxygens (including phenoxy) is 2. The van der Waals surface area contributed by atoms with E-state index in [2.05, 4.69) is 31.3 Å². The van der Waals surface area contributed by atoms with Crippen LogP contribution >= 0.6 is 0 Å². The van der Waals surface area contributed by atoms with Crippen LogP contribution in [0.2, 0.25) is 0 Å². The molecule has 0 radical (unpaired) electrons. The van der Waals surface area contributed by atoms with Crippen molar-refractivity contribution >= 4 is 0 Å². The Morgan fingerprint density at radius 2 is 1.67 bits per heavy atom. The average molecular weight is 293 g/mol. The topological polar surface area (TPSA) is 30.5 Å². The number of unbranched alkanes of at least 4 members (excludes halogenated alkanes) is 2. The zero-order chi connectivity index (χ0) is 15.5. The van der Waals surface area contributed by atoms with Gasteiger partial charge >= 0.3 is 0 Å². The molecule has 1 N–H and O–H groups in total. The molecule has 3 heteroatoms. The van der Waals surface area contributed by atoms with Gasteiger partial charge in [0.2, 0.25) is 0 Å². The maximum Gasteiger partial charge on any atom is 0.161 e. The Morgan fingerprint density at radius 3 is 2.33 bits per heavy atom. The zero-order valence-corrected chi connectivity index (χ0v) is 14.1. The van der Waals surface area contributed by atoms with E-state index in [0.29, 0.717) is 19.3 Å². The second-order valence-electron chi connectivity index (χ2n) is 5.57. The highest BCUT2D eigenvalue weighted by Gasteiger charge is 2.06. The van der Waals surface area contributed by atoms with Crippen LogP contribution in [0.1, 0.15) is 52.5 Å². The summed E-state index contributed by atoms with van der Waals surface area (Å²) >= 11 is 0. The molecule has 0 saturated carbocycles. The Hall–Kier alpha value is -1.22. The number of hydrogen-bond donors (Lipinski definition) is 1. The zero-order valence-electron chi connectivity index (χ0n) is 14.1. The van der Waals surface area contributed by atoms with E-state index in [-0.39, 0.29) is 0 Å². The van der Waals surface area contributed by atoms with Crippen molar-refractivity contribution in [1.29, 1.82) is 0 Å². The van der Waals surface area contributed by atoms with Gasteiger partial charge in [0.15, 0.2) is 11.5 Å². The van der Waals surface area contributed by atoms with Gasteiger partial charge in [-0.3, -0.25) is 0 Å². The lowest BCUT2D eigenvalue weighted by atomic mass is 10.1. The third kappa shape index (κ3) is 7.37. The molecule has 0 unspecified atom stereocenters. The molecule has 1 aromatic rings. The van der Waals surface area contributed by atoms with E-state index in [9.17, 15) is 0 Å². The first kappa shape index (κ1) is 17.8. The summed E-state index contributed by atoms with van der Waals surface area (Å²) in [5.41, 5.74) is 1.33. The summed E-state index contributed by atoms with van der Waals surface area (Å²) in [6.45, 7) is 10.8. The fourth-order valence-corrected chi connectivity index (χ4v) is 2.27. The normalized spacial score (nSPS) is 10.9. The maximum absolute atomic E-state index is 5.67. The van der Waals surface area contributed by atoms with E-state index >= 15 is 0 Å². The molecule has 0 heterocycles. The van der Waals surface area contributed by atoms with Gasteiger partial charge in [0, 0.05) is 6.04 Å². The number of rotatable bonds is 11. The smallest absolute Gasteiger partial charge is 0.161 e. The van der Waals surface area contributed by atoms with Crippen molar-refractivity contribution in [2.75, 3.05) is 19.8 Å². The monoisotopic (exact) mass is 293 g/mol. The summed E-state index contributed by atoms with van der Waals surface area (Å²) in [7, 11) is 0. The third-order valence-corrected chi connectivity index (χ3v) is 3.30. The number of benzene rings is 1. The van der Waals surface area contributed by atoms with Crippen molar-refractivity contribution in [3.63, 3.8) is 0 Å². The predicted octanol–water partition coefficient (Wildman–Crippen LogP) is 4.19. The van der Waals surface area contributed by atoms with Gasteiger partial charge < -0.3 is 14.8 Å². The molecule has 0 bridgehead atoms. The van der Waals surface area contributed by atoms with Crippen LogP contribution < -0.4 is 14.8 Å². The Kier molecular flexibility index (Phi) is 8.91. The van der Waals surface area contributed by atoms with Gasteiger partial charge in [0.05, 0.1) is 13.2 Å². The summed E-state index contributed by atoms with van der Waals surface area (Å²) < 4.78 is 11.3. The molecule has 0 aliphatic heterocycles. The molecular formula is C18H31NO2. The molecule has 0 fully saturated rings. The summed E-state index contributed by atoms with van der Waals surface area (Å²) in [6, 6.07) is 6.90. The minimum atomic E-state index is 0.588. The Morgan fingerprint density at radius 1 is 0.952 bits per heavy atom. The van der Waals surface area contributed by atoms with E-state index in [1.165, 1.54) is 24.8 Å². The van der Waals surface area contributed by atoms with Crippen molar-refractivity contribution in [3.05, 3.63) is 23.8 Å². The minimum Gasteiger partial charge on any atom is -0.490 e. The van der Waals surface area contributed by atoms with Gasteiger partial charge in [-0.2, -0.15) is 0 Å². The fourth-order valence-electron chi connectivity index (χ4n) is 2.27. The van der Waals surface area contributed by atoms with Gasteiger partial charge in [-0.15, -0.1) is 0 Å². The molecule has 0 amide bonds. The highest BCUT2D eigenvalue weighted by molar-refractivity contribution is 5.43. The Bertz CT molecular complexity index is 391. The van der Waals surface area contributed by atoms with Crippen LogP contribution in [0.3, 0.4) is 0 Å². The minimum absolute atomic E-state index is 0.588. The van der Waals surface area contributed by atoms with Crippen LogP contribution in [0.15, 0.2) is 18.2 Å². The maximum atomic E-state index is 5.67. The van der Waals surface area contributed by atoms with Gasteiger partial charge in [0.1, 0.15) is 0 Å². The summed E-state index contributed by atoms with van der Waals surface area (Å²) in [5.74, 6) is 1.72. The van der Waals surface area contributed by atoms with Crippen LogP contribution in [0.5, 0.6) is 11.5 Å². The molecule has 3 nitrogen and oxygen atoms in total. The van der Waals surface area contributed by atoms with Crippen molar-refractivity contribution in [2.45, 2.75) is 59.4 Å². The highest BCUT2D eigenvalue weighted by atomic mass is 16.5. The lowest BCUT2D eigenvalue weighted by Gasteiger charge is -2.12. The molecule has 1 rings (SSSR count). The summed E-state index contributed by atoms with van der Waals surface area (Å²) in [6.07, 6.45) is 4.83. The molecule has 0 aliphatic carbocycles. The second kappa shape index (κ2) is 10.5. The fraction of sp³-hybridized carbons (Fsp3) is 0.667. The number of nitrogens with one attached hydrogen (secondary N) is 1. The predicted molar refractivity (Wildman–Crippen MR) is 89.5 cm³/mol. The highest BCUT2D eigenvalue weighted by Crippen LogP contribution is 2.29. The Balaban J connectivity index is 2.39. The summed E-state index contributed by atoms with van der Waals surface area (Å²) in [4.78, 5) is 0. The molecule has 0 aliphatic rings. The van der Waals surface area contributed by atoms with Gasteiger partial charge in [-0.1, -0.05) is 26.3 Å². The first-order valence-corrected chi connectivity index (χ1v) is 8.29. The molecule has 0 atom stereocenters. The molecular weight excluding hydrogens is 262 g/mol. The lowest BCUT2D eigenvalue weighted by Crippen LogP contribution is -2.23. The van der Waals surface area contributed by atoms with Crippen LogP contribution in [0.25, 0.3) is 0 Å². The van der Waals surface area contributed by atoms with Crippen molar-refractivity contribution in [1.82, 2.24) is 5.32 Å². The van der Waals surface area contributed by atoms with Crippen LogP contribution in [0, 0.1) is 0 Å². The first-order chi connectivity index (χ1) is 10.2. The van der Waals surface area contributed by atoms with E-state index in [1.807, 2.05) is 19.9 Å². The lowest BCUT2D eigenvalue weighted by molar-refractivity contribution is 0.287. The molecule has 21 heavy (non-hydrogen) atoms. The molecule has 0 aromatic heterocycles. The Labute approximate surface area is 130 Å². The average Bonchev–Trinajstić information content (AvgIpc) is 2.45. The SMILES string of the molecule is CCOc1ccc(CCCCCNC(C)C)cc1OCC. The quantitative estimate of drug-likeness (QED) is 0.620. The van der Waals surface area contributed by atoms with Crippen molar-refractivity contribution in [3.8, 4) is 11.5 Å². The van der Waals surface area contributed by atoms with E-state index in [1.54, 1.807) is 0 Å². The molecule has 120 valence electrons. The third-order valence-electron chi connectivity index (χ3n) is 3.30. The van der Waals surface area contributed by atoms with Crippen LogP contribution in [0.4, 0.5) is 0 Å². The largest absolute Gasteiger partial charge is 0.490 e. The van der Waals surface area contributed by atoms with E-state index in [4.69, 9.17) is 9.47 Å². The van der Waals surface area contributed by atoms with E-state index < -0.39 is 0 Å². The van der Waals surface area contributed by atoms with Crippen LogP contribution in [-0.2, 0) is 6.42 Å².